The normalized spacial score (nSPS) is 10.7. The molecule has 0 bridgehead atoms. The molecule has 0 amide bonds. The predicted molar refractivity (Wildman–Crippen MR) is 99.6 cm³/mol. The molecule has 0 aliphatic rings. The van der Waals surface area contributed by atoms with Crippen LogP contribution in [0.1, 0.15) is 16.7 Å². The van der Waals surface area contributed by atoms with Crippen LogP contribution >= 0.6 is 0 Å². The van der Waals surface area contributed by atoms with E-state index in [9.17, 15) is 0 Å². The van der Waals surface area contributed by atoms with Crippen molar-refractivity contribution in [2.24, 2.45) is 0 Å². The third kappa shape index (κ3) is 3.35. The number of hydrogen-bond donors (Lipinski definition) is 1. The average molecular weight is 301 g/mol. The Kier molecular flexibility index (Phi) is 4.59. The zero-order valence-electron chi connectivity index (χ0n) is 14.1. The lowest BCUT2D eigenvalue weighted by Gasteiger charge is -2.12. The molecular formula is C22H23N. The van der Waals surface area contributed by atoms with Crippen LogP contribution in [0, 0.1) is 13.8 Å². The van der Waals surface area contributed by atoms with Crippen molar-refractivity contribution in [1.82, 2.24) is 5.32 Å². The first-order valence-corrected chi connectivity index (χ1v) is 8.09. The average Bonchev–Trinajstić information content (AvgIpc) is 2.56. The Balaban J connectivity index is 2.00. The molecular weight excluding hydrogens is 278 g/mol. The first-order valence-electron chi connectivity index (χ1n) is 8.09. The molecule has 3 rings (SSSR count). The summed E-state index contributed by atoms with van der Waals surface area (Å²) in [7, 11) is 1.98. The van der Waals surface area contributed by atoms with Crippen LogP contribution in [0.5, 0.6) is 0 Å². The van der Waals surface area contributed by atoms with Gasteiger partial charge in [0.1, 0.15) is 0 Å². The molecule has 0 spiro atoms. The topological polar surface area (TPSA) is 12.0 Å². The minimum absolute atomic E-state index is 0.897. The monoisotopic (exact) mass is 301 g/mol. The summed E-state index contributed by atoms with van der Waals surface area (Å²) in [6.07, 6.45) is 0. The largest absolute Gasteiger partial charge is 0.316 e. The lowest BCUT2D eigenvalue weighted by atomic mass is 9.93. The van der Waals surface area contributed by atoms with Crippen LogP contribution in [0.15, 0.2) is 66.7 Å². The van der Waals surface area contributed by atoms with E-state index in [4.69, 9.17) is 0 Å². The van der Waals surface area contributed by atoms with Gasteiger partial charge >= 0.3 is 0 Å². The van der Waals surface area contributed by atoms with Crippen molar-refractivity contribution in [3.8, 4) is 22.3 Å². The Bertz CT molecular complexity index is 818. The van der Waals surface area contributed by atoms with Gasteiger partial charge in [-0.2, -0.15) is 0 Å². The Hall–Kier alpha value is -2.38. The lowest BCUT2D eigenvalue weighted by molar-refractivity contribution is 0.818. The molecule has 0 aromatic heterocycles. The second-order valence-electron chi connectivity index (χ2n) is 6.08. The first kappa shape index (κ1) is 15.5. The summed E-state index contributed by atoms with van der Waals surface area (Å²) >= 11 is 0. The standard InChI is InChI=1S/C22H23N/c1-16-7-4-5-10-21(16)22-12-11-20(13-17(22)2)19-9-6-8-18(14-19)15-23-3/h4-14,23H,15H2,1-3H3. The van der Waals surface area contributed by atoms with Gasteiger partial charge < -0.3 is 5.32 Å². The molecule has 3 aromatic carbocycles. The Morgan fingerprint density at radius 2 is 1.43 bits per heavy atom. The fourth-order valence-corrected chi connectivity index (χ4v) is 3.09. The number of aryl methyl sites for hydroxylation is 2. The Labute approximate surface area is 139 Å². The second-order valence-corrected chi connectivity index (χ2v) is 6.08. The van der Waals surface area contributed by atoms with E-state index in [2.05, 4.69) is 85.9 Å². The molecule has 0 aliphatic carbocycles. The van der Waals surface area contributed by atoms with Gasteiger partial charge in [0, 0.05) is 6.54 Å². The predicted octanol–water partition coefficient (Wildman–Crippen LogP) is 5.36. The summed E-state index contributed by atoms with van der Waals surface area (Å²) in [4.78, 5) is 0. The van der Waals surface area contributed by atoms with Crippen molar-refractivity contribution >= 4 is 0 Å². The fraction of sp³-hybridized carbons (Fsp3) is 0.182. The quantitative estimate of drug-likeness (QED) is 0.684. The number of benzene rings is 3. The molecule has 116 valence electrons. The summed E-state index contributed by atoms with van der Waals surface area (Å²) in [6, 6.07) is 24.1. The molecule has 0 fully saturated rings. The van der Waals surface area contributed by atoms with E-state index in [-0.39, 0.29) is 0 Å². The summed E-state index contributed by atoms with van der Waals surface area (Å²) < 4.78 is 0. The molecule has 0 aliphatic heterocycles. The highest BCUT2D eigenvalue weighted by Gasteiger charge is 2.07. The van der Waals surface area contributed by atoms with Gasteiger partial charge in [-0.05, 0) is 65.9 Å². The SMILES string of the molecule is CNCc1cccc(-c2ccc(-c3ccccc3C)c(C)c2)c1. The summed E-state index contributed by atoms with van der Waals surface area (Å²) in [5.41, 5.74) is 9.13. The van der Waals surface area contributed by atoms with Crippen molar-refractivity contribution in [2.75, 3.05) is 7.05 Å². The molecule has 1 N–H and O–H groups in total. The summed E-state index contributed by atoms with van der Waals surface area (Å²) in [6.45, 7) is 5.26. The van der Waals surface area contributed by atoms with Gasteiger partial charge in [-0.1, -0.05) is 60.7 Å². The second kappa shape index (κ2) is 6.80. The van der Waals surface area contributed by atoms with E-state index in [1.165, 1.54) is 38.9 Å². The van der Waals surface area contributed by atoms with E-state index >= 15 is 0 Å². The molecule has 0 saturated heterocycles. The van der Waals surface area contributed by atoms with E-state index < -0.39 is 0 Å². The third-order valence-electron chi connectivity index (χ3n) is 4.30. The van der Waals surface area contributed by atoms with E-state index in [0.29, 0.717) is 0 Å². The van der Waals surface area contributed by atoms with E-state index in [1.54, 1.807) is 0 Å². The lowest BCUT2D eigenvalue weighted by Crippen LogP contribution is -2.04. The highest BCUT2D eigenvalue weighted by Crippen LogP contribution is 2.30. The van der Waals surface area contributed by atoms with Crippen LogP contribution in [-0.2, 0) is 6.54 Å². The fourth-order valence-electron chi connectivity index (χ4n) is 3.09. The van der Waals surface area contributed by atoms with Crippen molar-refractivity contribution in [1.29, 1.82) is 0 Å². The third-order valence-corrected chi connectivity index (χ3v) is 4.30. The van der Waals surface area contributed by atoms with Gasteiger partial charge in [0.15, 0.2) is 0 Å². The smallest absolute Gasteiger partial charge is 0.0202 e. The first-order chi connectivity index (χ1) is 11.2. The van der Waals surface area contributed by atoms with Crippen molar-refractivity contribution in [3.05, 3.63) is 83.4 Å². The highest BCUT2D eigenvalue weighted by molar-refractivity contribution is 5.75. The van der Waals surface area contributed by atoms with E-state index in [0.717, 1.165) is 6.54 Å². The molecule has 0 saturated carbocycles. The zero-order valence-corrected chi connectivity index (χ0v) is 14.1. The molecule has 23 heavy (non-hydrogen) atoms. The van der Waals surface area contributed by atoms with Crippen LogP contribution in [0.4, 0.5) is 0 Å². The van der Waals surface area contributed by atoms with Crippen LogP contribution in [-0.4, -0.2) is 7.05 Å². The van der Waals surface area contributed by atoms with Gasteiger partial charge in [0.05, 0.1) is 0 Å². The summed E-state index contributed by atoms with van der Waals surface area (Å²) in [5, 5.41) is 3.21. The Morgan fingerprint density at radius 3 is 2.17 bits per heavy atom. The van der Waals surface area contributed by atoms with Crippen LogP contribution in [0.25, 0.3) is 22.3 Å². The van der Waals surface area contributed by atoms with Gasteiger partial charge in [0.25, 0.3) is 0 Å². The molecule has 0 heterocycles. The van der Waals surface area contributed by atoms with Crippen molar-refractivity contribution in [3.63, 3.8) is 0 Å². The minimum atomic E-state index is 0.897. The molecule has 0 unspecified atom stereocenters. The number of nitrogens with one attached hydrogen (secondary N) is 1. The number of hydrogen-bond acceptors (Lipinski definition) is 1. The maximum atomic E-state index is 3.21. The van der Waals surface area contributed by atoms with Gasteiger partial charge in [-0.15, -0.1) is 0 Å². The van der Waals surface area contributed by atoms with Crippen molar-refractivity contribution in [2.45, 2.75) is 20.4 Å². The molecule has 1 heteroatoms. The summed E-state index contributed by atoms with van der Waals surface area (Å²) in [5.74, 6) is 0. The molecule has 3 aromatic rings. The molecule has 0 radical (unpaired) electrons. The van der Waals surface area contributed by atoms with Crippen LogP contribution < -0.4 is 5.32 Å². The van der Waals surface area contributed by atoms with Gasteiger partial charge in [-0.3, -0.25) is 0 Å². The van der Waals surface area contributed by atoms with E-state index in [1.807, 2.05) is 7.05 Å². The highest BCUT2D eigenvalue weighted by atomic mass is 14.8. The van der Waals surface area contributed by atoms with Crippen molar-refractivity contribution < 1.29 is 0 Å². The minimum Gasteiger partial charge on any atom is -0.316 e. The van der Waals surface area contributed by atoms with Crippen LogP contribution in [0.3, 0.4) is 0 Å². The maximum Gasteiger partial charge on any atom is 0.0202 e. The number of rotatable bonds is 4. The Morgan fingerprint density at radius 1 is 0.696 bits per heavy atom. The molecule has 1 nitrogen and oxygen atoms in total. The van der Waals surface area contributed by atoms with Gasteiger partial charge in [0.2, 0.25) is 0 Å². The van der Waals surface area contributed by atoms with Gasteiger partial charge in [-0.25, -0.2) is 0 Å². The molecule has 0 atom stereocenters. The zero-order chi connectivity index (χ0) is 16.2. The van der Waals surface area contributed by atoms with Crippen LogP contribution in [0.2, 0.25) is 0 Å². The maximum absolute atomic E-state index is 3.21.